The molecule has 0 fully saturated rings. The van der Waals surface area contributed by atoms with Gasteiger partial charge < -0.3 is 0 Å². The van der Waals surface area contributed by atoms with Crippen LogP contribution in [0.3, 0.4) is 0 Å². The van der Waals surface area contributed by atoms with Gasteiger partial charge in [-0.15, -0.1) is 0 Å². The highest BCUT2D eigenvalue weighted by Gasteiger charge is 2.29. The van der Waals surface area contributed by atoms with Gasteiger partial charge in [0, 0.05) is 12.0 Å². The molecule has 1 aromatic rings. The summed E-state index contributed by atoms with van der Waals surface area (Å²) in [6.07, 6.45) is -0.0781. The van der Waals surface area contributed by atoms with Crippen LogP contribution in [0, 0.1) is 5.82 Å². The van der Waals surface area contributed by atoms with Crippen LogP contribution in [0.25, 0.3) is 0 Å². The van der Waals surface area contributed by atoms with Crippen molar-refractivity contribution in [1.29, 1.82) is 0 Å². The highest BCUT2D eigenvalue weighted by atomic mass is 32.2. The summed E-state index contributed by atoms with van der Waals surface area (Å²) in [6.45, 7) is 4.81. The van der Waals surface area contributed by atoms with Crippen LogP contribution in [0.15, 0.2) is 24.3 Å². The van der Waals surface area contributed by atoms with Crippen LogP contribution >= 0.6 is 0 Å². The molecule has 0 heterocycles. The number of carbonyl (C=O) groups is 1. The lowest BCUT2D eigenvalue weighted by Gasteiger charge is -2.18. The summed E-state index contributed by atoms with van der Waals surface area (Å²) < 4.78 is 35.5. The fourth-order valence-corrected chi connectivity index (χ4v) is 2.38. The number of hydrogen-bond donors (Lipinski definition) is 0. The Hall–Kier alpha value is -1.23. The third kappa shape index (κ3) is 3.63. The Morgan fingerprint density at radius 2 is 1.67 bits per heavy atom. The maximum absolute atomic E-state index is 12.7. The summed E-state index contributed by atoms with van der Waals surface area (Å²) in [6, 6.07) is 5.10. The lowest BCUT2D eigenvalue weighted by Crippen LogP contribution is -2.31. The zero-order valence-corrected chi connectivity index (χ0v) is 11.6. The first-order valence-corrected chi connectivity index (χ1v) is 7.30. The van der Waals surface area contributed by atoms with Crippen LogP contribution < -0.4 is 0 Å². The zero-order valence-electron chi connectivity index (χ0n) is 10.7. The van der Waals surface area contributed by atoms with Crippen LogP contribution in [0.2, 0.25) is 0 Å². The summed E-state index contributed by atoms with van der Waals surface area (Å²) in [5.74, 6) is -0.899. The molecular weight excluding hydrogens is 255 g/mol. The maximum atomic E-state index is 12.7. The number of carbonyl (C=O) groups excluding carboxylic acids is 1. The van der Waals surface area contributed by atoms with Crippen molar-refractivity contribution in [3.63, 3.8) is 0 Å². The quantitative estimate of drug-likeness (QED) is 0.792. The van der Waals surface area contributed by atoms with E-state index < -0.39 is 20.4 Å². The summed E-state index contributed by atoms with van der Waals surface area (Å²) in [4.78, 5) is 11.7. The minimum atomic E-state index is -3.30. The number of halogens is 1. The monoisotopic (exact) mass is 272 g/mol. The third-order valence-corrected chi connectivity index (χ3v) is 5.30. The number of hydrogen-bond acceptors (Lipinski definition) is 3. The molecule has 0 amide bonds. The molecular formula is C13H17FO3S. The molecule has 0 N–H and O–H groups in total. The Morgan fingerprint density at radius 1 is 1.17 bits per heavy atom. The van der Waals surface area contributed by atoms with Gasteiger partial charge in [-0.05, 0) is 45.0 Å². The summed E-state index contributed by atoms with van der Waals surface area (Å²) in [7, 11) is -3.30. The van der Waals surface area contributed by atoms with Crippen molar-refractivity contribution < 1.29 is 17.6 Å². The van der Waals surface area contributed by atoms with Gasteiger partial charge in [0.05, 0.1) is 10.5 Å². The lowest BCUT2D eigenvalue weighted by molar-refractivity contribution is 0.0988. The van der Waals surface area contributed by atoms with E-state index in [-0.39, 0.29) is 18.0 Å². The van der Waals surface area contributed by atoms with Crippen LogP contribution in [-0.2, 0) is 9.84 Å². The van der Waals surface area contributed by atoms with E-state index in [1.807, 2.05) is 0 Å². The molecule has 0 aliphatic rings. The van der Waals surface area contributed by atoms with Crippen LogP contribution in [0.1, 0.15) is 37.6 Å². The van der Waals surface area contributed by atoms with Crippen molar-refractivity contribution in [3.8, 4) is 0 Å². The minimum absolute atomic E-state index is 0.0781. The van der Waals surface area contributed by atoms with Crippen molar-refractivity contribution in [1.82, 2.24) is 0 Å². The molecule has 0 atom stereocenters. The van der Waals surface area contributed by atoms with E-state index in [0.717, 1.165) is 0 Å². The number of benzene rings is 1. The van der Waals surface area contributed by atoms with Gasteiger partial charge >= 0.3 is 0 Å². The number of ketones is 1. The Kier molecular flexibility index (Phi) is 4.27. The average molecular weight is 272 g/mol. The molecule has 0 aliphatic carbocycles. The van der Waals surface area contributed by atoms with Gasteiger partial charge in [0.1, 0.15) is 5.82 Å². The van der Waals surface area contributed by atoms with Gasteiger partial charge in [-0.25, -0.2) is 12.8 Å². The summed E-state index contributed by atoms with van der Waals surface area (Å²) >= 11 is 0. The molecule has 18 heavy (non-hydrogen) atoms. The molecule has 0 saturated carbocycles. The normalized spacial score (nSPS) is 12.4. The van der Waals surface area contributed by atoms with E-state index in [9.17, 15) is 17.6 Å². The first-order valence-electron chi connectivity index (χ1n) is 5.64. The van der Waals surface area contributed by atoms with Crippen molar-refractivity contribution >= 4 is 15.6 Å². The van der Waals surface area contributed by atoms with Gasteiger partial charge in [0.25, 0.3) is 0 Å². The van der Waals surface area contributed by atoms with Gasteiger partial charge in [0.2, 0.25) is 0 Å². The molecule has 100 valence electrons. The molecule has 0 bridgehead atoms. The molecule has 0 radical (unpaired) electrons. The lowest BCUT2D eigenvalue weighted by atomic mass is 10.1. The maximum Gasteiger partial charge on any atom is 0.163 e. The van der Waals surface area contributed by atoms with Crippen molar-refractivity contribution in [2.24, 2.45) is 0 Å². The standard InChI is InChI=1S/C13H17FO3S/c1-13(2,3)18(16,17)9-8-12(15)10-4-6-11(14)7-5-10/h4-7H,8-9H2,1-3H3. The first-order chi connectivity index (χ1) is 8.13. The highest BCUT2D eigenvalue weighted by molar-refractivity contribution is 7.92. The van der Waals surface area contributed by atoms with E-state index in [0.29, 0.717) is 5.56 Å². The second-order valence-corrected chi connectivity index (χ2v) is 7.97. The summed E-state index contributed by atoms with van der Waals surface area (Å²) in [5.41, 5.74) is 0.334. The molecule has 1 rings (SSSR count). The van der Waals surface area contributed by atoms with E-state index >= 15 is 0 Å². The predicted molar refractivity (Wildman–Crippen MR) is 68.9 cm³/mol. The number of Topliss-reactive ketones (excluding diaryl/α,β-unsaturated/α-hetero) is 1. The fraction of sp³-hybridized carbons (Fsp3) is 0.462. The van der Waals surface area contributed by atoms with Crippen LogP contribution in [0.4, 0.5) is 4.39 Å². The molecule has 0 aromatic heterocycles. The molecule has 5 heteroatoms. The predicted octanol–water partition coefficient (Wildman–Crippen LogP) is 2.61. The second-order valence-electron chi connectivity index (χ2n) is 5.11. The third-order valence-electron chi connectivity index (χ3n) is 2.70. The second kappa shape index (κ2) is 5.18. The highest BCUT2D eigenvalue weighted by Crippen LogP contribution is 2.17. The Bertz CT molecular complexity index is 524. The SMILES string of the molecule is CC(C)(C)S(=O)(=O)CCC(=O)c1ccc(F)cc1. The Morgan fingerprint density at radius 3 is 2.11 bits per heavy atom. The summed E-state index contributed by atoms with van der Waals surface area (Å²) in [5, 5.41) is 0. The molecule has 1 aromatic carbocycles. The van der Waals surface area contributed by atoms with Gasteiger partial charge in [-0.1, -0.05) is 0 Å². The van der Waals surface area contributed by atoms with E-state index in [4.69, 9.17) is 0 Å². The van der Waals surface area contributed by atoms with E-state index in [1.165, 1.54) is 24.3 Å². The number of rotatable bonds is 4. The molecule has 0 aliphatic heterocycles. The van der Waals surface area contributed by atoms with Crippen molar-refractivity contribution in [2.45, 2.75) is 31.9 Å². The van der Waals surface area contributed by atoms with E-state index in [2.05, 4.69) is 0 Å². The van der Waals surface area contributed by atoms with Gasteiger partial charge in [0.15, 0.2) is 15.6 Å². The average Bonchev–Trinajstić information content (AvgIpc) is 2.25. The van der Waals surface area contributed by atoms with Gasteiger partial charge in [-0.3, -0.25) is 4.79 Å². The molecule has 0 saturated heterocycles. The molecule has 0 unspecified atom stereocenters. The van der Waals surface area contributed by atoms with Crippen molar-refractivity contribution in [2.75, 3.05) is 5.75 Å². The van der Waals surface area contributed by atoms with Crippen molar-refractivity contribution in [3.05, 3.63) is 35.6 Å². The molecule has 0 spiro atoms. The Labute approximate surface area is 107 Å². The first kappa shape index (κ1) is 14.8. The zero-order chi connectivity index (χ0) is 14.0. The number of sulfone groups is 1. The Balaban J connectivity index is 2.71. The van der Waals surface area contributed by atoms with Gasteiger partial charge in [-0.2, -0.15) is 0 Å². The van der Waals surface area contributed by atoms with Crippen LogP contribution in [-0.4, -0.2) is 24.7 Å². The minimum Gasteiger partial charge on any atom is -0.294 e. The van der Waals surface area contributed by atoms with Crippen LogP contribution in [0.5, 0.6) is 0 Å². The largest absolute Gasteiger partial charge is 0.294 e. The smallest absolute Gasteiger partial charge is 0.163 e. The molecule has 3 nitrogen and oxygen atoms in total. The van der Waals surface area contributed by atoms with E-state index in [1.54, 1.807) is 20.8 Å². The fourth-order valence-electron chi connectivity index (χ4n) is 1.31. The topological polar surface area (TPSA) is 51.2 Å².